The third-order valence-corrected chi connectivity index (χ3v) is 5.31. The molecule has 0 bridgehead atoms. The van der Waals surface area contributed by atoms with Crippen molar-refractivity contribution >= 4 is 28.7 Å². The smallest absolute Gasteiger partial charge is 0.253 e. The molecule has 134 valence electrons. The molecule has 0 radical (unpaired) electrons. The molecule has 6 nitrogen and oxygen atoms in total. The molecule has 1 aliphatic heterocycles. The molecular formula is C19H20N4O2S. The minimum Gasteiger partial charge on any atom is -0.493 e. The molecule has 0 unspecified atom stereocenters. The summed E-state index contributed by atoms with van der Waals surface area (Å²) in [5.41, 5.74) is 3.27. The van der Waals surface area contributed by atoms with Crippen LogP contribution in [-0.4, -0.2) is 44.2 Å². The van der Waals surface area contributed by atoms with Crippen molar-refractivity contribution in [1.82, 2.24) is 18.6 Å². The molecule has 0 aliphatic carbocycles. The maximum atomic E-state index is 12.7. The summed E-state index contributed by atoms with van der Waals surface area (Å²) in [5.74, 6) is 1.41. The topological polar surface area (TPSA) is 68.2 Å². The first-order chi connectivity index (χ1) is 12.7. The third kappa shape index (κ3) is 3.67. The van der Waals surface area contributed by atoms with Crippen molar-refractivity contribution in [3.05, 3.63) is 47.8 Å². The molecule has 3 heterocycles. The van der Waals surface area contributed by atoms with E-state index in [0.29, 0.717) is 18.1 Å². The van der Waals surface area contributed by atoms with Gasteiger partial charge in [-0.1, -0.05) is 0 Å². The highest BCUT2D eigenvalue weighted by Crippen LogP contribution is 2.22. The number of aromatic nitrogens is 3. The average molecular weight is 368 g/mol. The second-order valence-corrected chi connectivity index (χ2v) is 7.18. The van der Waals surface area contributed by atoms with Crippen LogP contribution in [0.25, 0.3) is 11.0 Å². The van der Waals surface area contributed by atoms with Crippen molar-refractivity contribution in [3.8, 4) is 5.75 Å². The third-order valence-electron chi connectivity index (χ3n) is 4.76. The van der Waals surface area contributed by atoms with Gasteiger partial charge >= 0.3 is 0 Å². The Bertz CT molecular complexity index is 919. The van der Waals surface area contributed by atoms with Crippen molar-refractivity contribution in [1.29, 1.82) is 0 Å². The number of piperidine rings is 1. The van der Waals surface area contributed by atoms with Crippen LogP contribution in [0.1, 0.15) is 28.9 Å². The zero-order valence-corrected chi connectivity index (χ0v) is 15.4. The van der Waals surface area contributed by atoms with Gasteiger partial charge in [0, 0.05) is 36.6 Å². The Hall–Kier alpha value is -2.54. The summed E-state index contributed by atoms with van der Waals surface area (Å²) in [5, 5.41) is 0. The highest BCUT2D eigenvalue weighted by Gasteiger charge is 2.24. The number of rotatable bonds is 4. The second-order valence-electron chi connectivity index (χ2n) is 6.65. The molecule has 1 aromatic carbocycles. The van der Waals surface area contributed by atoms with Gasteiger partial charge in [0.15, 0.2) is 0 Å². The van der Waals surface area contributed by atoms with E-state index in [4.69, 9.17) is 4.74 Å². The maximum absolute atomic E-state index is 12.7. The zero-order chi connectivity index (χ0) is 17.9. The Morgan fingerprint density at radius 3 is 2.81 bits per heavy atom. The lowest BCUT2D eigenvalue weighted by Crippen LogP contribution is -2.39. The molecule has 2 aromatic heterocycles. The van der Waals surface area contributed by atoms with Crippen LogP contribution in [0.3, 0.4) is 0 Å². The Kier molecular flexibility index (Phi) is 4.79. The van der Waals surface area contributed by atoms with Gasteiger partial charge in [-0.15, -0.1) is 0 Å². The number of carbonyl (C=O) groups is 1. The lowest BCUT2D eigenvalue weighted by atomic mass is 9.97. The predicted molar refractivity (Wildman–Crippen MR) is 101 cm³/mol. The predicted octanol–water partition coefficient (Wildman–Crippen LogP) is 3.33. The van der Waals surface area contributed by atoms with Crippen molar-refractivity contribution in [2.45, 2.75) is 19.8 Å². The monoisotopic (exact) mass is 368 g/mol. The fourth-order valence-electron chi connectivity index (χ4n) is 3.22. The molecule has 0 saturated carbocycles. The fourth-order valence-corrected chi connectivity index (χ4v) is 3.74. The molecule has 3 aromatic rings. The highest BCUT2D eigenvalue weighted by molar-refractivity contribution is 7.00. The van der Waals surface area contributed by atoms with E-state index in [2.05, 4.69) is 13.7 Å². The zero-order valence-electron chi connectivity index (χ0n) is 14.6. The van der Waals surface area contributed by atoms with Gasteiger partial charge in [-0.25, -0.2) is 0 Å². The van der Waals surface area contributed by atoms with Gasteiger partial charge in [-0.2, -0.15) is 8.75 Å². The molecular weight excluding hydrogens is 348 g/mol. The Morgan fingerprint density at radius 1 is 1.19 bits per heavy atom. The fraction of sp³-hybridized carbons (Fsp3) is 0.368. The van der Waals surface area contributed by atoms with Crippen LogP contribution in [0.4, 0.5) is 0 Å². The molecule has 26 heavy (non-hydrogen) atoms. The van der Waals surface area contributed by atoms with Crippen LogP contribution in [0, 0.1) is 12.8 Å². The molecule has 1 saturated heterocycles. The maximum Gasteiger partial charge on any atom is 0.253 e. The van der Waals surface area contributed by atoms with E-state index in [-0.39, 0.29) is 5.91 Å². The molecule has 1 fully saturated rings. The minimum absolute atomic E-state index is 0.0732. The number of carbonyl (C=O) groups excluding carboxylic acids is 1. The van der Waals surface area contributed by atoms with Crippen molar-refractivity contribution in [2.75, 3.05) is 19.7 Å². The molecule has 4 rings (SSSR count). The molecule has 1 amide bonds. The Balaban J connectivity index is 1.32. The number of likely N-dealkylation sites (tertiary alicyclic amines) is 1. The largest absolute Gasteiger partial charge is 0.493 e. The second kappa shape index (κ2) is 7.37. The van der Waals surface area contributed by atoms with Crippen LogP contribution in [-0.2, 0) is 0 Å². The number of amides is 1. The number of nitrogens with zero attached hydrogens (tertiary/aromatic N) is 4. The van der Waals surface area contributed by atoms with E-state index >= 15 is 0 Å². The quantitative estimate of drug-likeness (QED) is 0.707. The van der Waals surface area contributed by atoms with E-state index in [1.165, 1.54) is 11.7 Å². The van der Waals surface area contributed by atoms with Crippen LogP contribution >= 0.6 is 11.7 Å². The highest BCUT2D eigenvalue weighted by atomic mass is 32.1. The van der Waals surface area contributed by atoms with Gasteiger partial charge in [0.2, 0.25) is 0 Å². The molecule has 7 heteroatoms. The Morgan fingerprint density at radius 2 is 2.00 bits per heavy atom. The lowest BCUT2D eigenvalue weighted by Gasteiger charge is -2.32. The molecule has 0 spiro atoms. The van der Waals surface area contributed by atoms with Gasteiger partial charge in [0.1, 0.15) is 16.8 Å². The molecule has 1 aliphatic rings. The summed E-state index contributed by atoms with van der Waals surface area (Å²) in [4.78, 5) is 18.8. The van der Waals surface area contributed by atoms with Crippen molar-refractivity contribution < 1.29 is 9.53 Å². The van der Waals surface area contributed by atoms with Gasteiger partial charge in [-0.05, 0) is 49.9 Å². The standard InChI is InChI=1S/C19H20N4O2S/c1-13-10-16(4-7-20-13)25-12-14-5-8-23(9-6-14)19(24)15-2-3-17-18(11-15)22-26-21-17/h2-4,7,10-11,14H,5-6,8-9,12H2,1H3. The van der Waals surface area contributed by atoms with E-state index in [1.54, 1.807) is 6.20 Å². The minimum atomic E-state index is 0.0732. The summed E-state index contributed by atoms with van der Waals surface area (Å²) in [7, 11) is 0. The van der Waals surface area contributed by atoms with Gasteiger partial charge in [-0.3, -0.25) is 9.78 Å². The van der Waals surface area contributed by atoms with Crippen molar-refractivity contribution in [2.24, 2.45) is 5.92 Å². The summed E-state index contributed by atoms with van der Waals surface area (Å²) < 4.78 is 14.3. The van der Waals surface area contributed by atoms with E-state index in [0.717, 1.165) is 48.4 Å². The normalized spacial score (nSPS) is 15.3. The number of fused-ring (bicyclic) bond motifs is 1. The van der Waals surface area contributed by atoms with Gasteiger partial charge in [0.25, 0.3) is 5.91 Å². The SMILES string of the molecule is Cc1cc(OCC2CCN(C(=O)c3ccc4nsnc4c3)CC2)ccn1. The van der Waals surface area contributed by atoms with Crippen LogP contribution in [0.15, 0.2) is 36.5 Å². The van der Waals surface area contributed by atoms with E-state index in [9.17, 15) is 4.79 Å². The number of benzene rings is 1. The number of hydrogen-bond acceptors (Lipinski definition) is 6. The van der Waals surface area contributed by atoms with Crippen LogP contribution in [0.5, 0.6) is 5.75 Å². The van der Waals surface area contributed by atoms with Crippen molar-refractivity contribution in [3.63, 3.8) is 0 Å². The summed E-state index contributed by atoms with van der Waals surface area (Å²) >= 11 is 1.17. The Labute approximate surface area is 156 Å². The average Bonchev–Trinajstić information content (AvgIpc) is 3.14. The number of aryl methyl sites for hydroxylation is 1. The van der Waals surface area contributed by atoms with Crippen LogP contribution in [0.2, 0.25) is 0 Å². The summed E-state index contributed by atoms with van der Waals surface area (Å²) in [6, 6.07) is 9.37. The van der Waals surface area contributed by atoms with Crippen LogP contribution < -0.4 is 4.74 Å². The number of hydrogen-bond donors (Lipinski definition) is 0. The number of ether oxygens (including phenoxy) is 1. The summed E-state index contributed by atoms with van der Waals surface area (Å²) in [6.45, 7) is 4.16. The first-order valence-electron chi connectivity index (χ1n) is 8.76. The lowest BCUT2D eigenvalue weighted by molar-refractivity contribution is 0.0661. The van der Waals surface area contributed by atoms with E-state index < -0.39 is 0 Å². The number of pyridine rings is 1. The van der Waals surface area contributed by atoms with Gasteiger partial charge < -0.3 is 9.64 Å². The summed E-state index contributed by atoms with van der Waals surface area (Å²) in [6.07, 6.45) is 3.67. The van der Waals surface area contributed by atoms with E-state index in [1.807, 2.05) is 42.2 Å². The first-order valence-corrected chi connectivity index (χ1v) is 9.49. The van der Waals surface area contributed by atoms with Gasteiger partial charge in [0.05, 0.1) is 18.3 Å². The first kappa shape index (κ1) is 16.9. The molecule has 0 atom stereocenters. The molecule has 0 N–H and O–H groups in total.